The Kier molecular flexibility index (Phi) is 6.05. The second-order valence-corrected chi connectivity index (χ2v) is 4.80. The first kappa shape index (κ1) is 14.0. The van der Waals surface area contributed by atoms with Crippen LogP contribution in [0.5, 0.6) is 5.75 Å². The zero-order valence-corrected chi connectivity index (χ0v) is 11.6. The summed E-state index contributed by atoms with van der Waals surface area (Å²) >= 11 is 3.37. The molecule has 0 saturated heterocycles. The monoisotopic (exact) mass is 299 g/mol. The number of carbonyl (C=O) groups is 1. The molecule has 0 aliphatic heterocycles. The molecule has 0 fully saturated rings. The van der Waals surface area contributed by atoms with Gasteiger partial charge >= 0.3 is 0 Å². The molecule has 0 unspecified atom stereocenters. The molecule has 1 aromatic carbocycles. The molecule has 0 spiro atoms. The maximum absolute atomic E-state index is 11.7. The van der Waals surface area contributed by atoms with Crippen LogP contribution in [0.1, 0.15) is 35.2 Å². The van der Waals surface area contributed by atoms with E-state index < -0.39 is 0 Å². The molecular weight excluding hydrogens is 282 g/mol. The van der Waals surface area contributed by atoms with E-state index in [4.69, 9.17) is 0 Å². The minimum Gasteiger partial charge on any atom is -0.508 e. The molecule has 0 saturated carbocycles. The Morgan fingerprint density at radius 3 is 2.76 bits per heavy atom. The molecule has 0 heterocycles. The first-order valence-electron chi connectivity index (χ1n) is 5.79. The van der Waals surface area contributed by atoms with Gasteiger partial charge < -0.3 is 10.4 Å². The van der Waals surface area contributed by atoms with Crippen molar-refractivity contribution in [3.05, 3.63) is 29.3 Å². The van der Waals surface area contributed by atoms with Crippen LogP contribution in [-0.2, 0) is 0 Å². The summed E-state index contributed by atoms with van der Waals surface area (Å²) in [7, 11) is 0. The molecule has 2 N–H and O–H groups in total. The molecule has 3 nitrogen and oxygen atoms in total. The summed E-state index contributed by atoms with van der Waals surface area (Å²) in [5.74, 6) is 0.0380. The molecule has 0 aromatic heterocycles. The highest BCUT2D eigenvalue weighted by molar-refractivity contribution is 9.09. The quantitative estimate of drug-likeness (QED) is 0.627. The number of rotatable bonds is 6. The highest BCUT2D eigenvalue weighted by Crippen LogP contribution is 2.17. The summed E-state index contributed by atoms with van der Waals surface area (Å²) in [5, 5.41) is 13.4. The normalized spacial score (nSPS) is 10.2. The van der Waals surface area contributed by atoms with E-state index in [9.17, 15) is 9.90 Å². The molecule has 0 atom stereocenters. The largest absolute Gasteiger partial charge is 0.508 e. The lowest BCUT2D eigenvalue weighted by molar-refractivity contribution is 0.0952. The Labute approximate surface area is 110 Å². The Morgan fingerprint density at radius 2 is 2.12 bits per heavy atom. The number of phenols is 1. The van der Waals surface area contributed by atoms with Crippen LogP contribution in [0.2, 0.25) is 0 Å². The molecule has 1 amide bonds. The third-order valence-electron chi connectivity index (χ3n) is 2.57. The van der Waals surface area contributed by atoms with E-state index in [2.05, 4.69) is 21.2 Å². The number of hydrogen-bond acceptors (Lipinski definition) is 2. The first-order chi connectivity index (χ1) is 8.15. The van der Waals surface area contributed by atoms with E-state index in [1.807, 2.05) is 0 Å². The zero-order valence-electron chi connectivity index (χ0n) is 10.0. The first-order valence-corrected chi connectivity index (χ1v) is 6.91. The van der Waals surface area contributed by atoms with E-state index in [-0.39, 0.29) is 11.7 Å². The van der Waals surface area contributed by atoms with Crippen molar-refractivity contribution in [3.8, 4) is 5.75 Å². The fourth-order valence-electron chi connectivity index (χ4n) is 1.45. The van der Waals surface area contributed by atoms with Gasteiger partial charge in [-0.3, -0.25) is 4.79 Å². The molecule has 0 bridgehead atoms. The average Bonchev–Trinajstić information content (AvgIpc) is 2.32. The van der Waals surface area contributed by atoms with Crippen LogP contribution in [0.15, 0.2) is 18.2 Å². The van der Waals surface area contributed by atoms with E-state index in [0.717, 1.165) is 30.2 Å². The van der Waals surface area contributed by atoms with Crippen LogP contribution in [0, 0.1) is 6.92 Å². The lowest BCUT2D eigenvalue weighted by atomic mass is 10.1. The summed E-state index contributed by atoms with van der Waals surface area (Å²) in [6.45, 7) is 2.48. The summed E-state index contributed by atoms with van der Waals surface area (Å²) < 4.78 is 0. The van der Waals surface area contributed by atoms with Gasteiger partial charge in [-0.15, -0.1) is 0 Å². The molecule has 1 rings (SSSR count). The number of phenolic OH excluding ortho intramolecular Hbond substituents is 1. The summed E-state index contributed by atoms with van der Waals surface area (Å²) in [6, 6.07) is 4.97. The molecule has 0 aliphatic carbocycles. The van der Waals surface area contributed by atoms with E-state index in [1.54, 1.807) is 19.1 Å². The van der Waals surface area contributed by atoms with Crippen molar-refractivity contribution in [1.29, 1.82) is 0 Å². The number of benzene rings is 1. The molecule has 17 heavy (non-hydrogen) atoms. The second kappa shape index (κ2) is 7.33. The van der Waals surface area contributed by atoms with Gasteiger partial charge in [-0.2, -0.15) is 0 Å². The summed E-state index contributed by atoms with van der Waals surface area (Å²) in [5.41, 5.74) is 1.28. The van der Waals surface area contributed by atoms with Crippen molar-refractivity contribution in [2.75, 3.05) is 11.9 Å². The smallest absolute Gasteiger partial charge is 0.251 e. The molecule has 0 aliphatic rings. The number of aryl methyl sites for hydroxylation is 1. The lowest BCUT2D eigenvalue weighted by Crippen LogP contribution is -2.24. The van der Waals surface area contributed by atoms with Gasteiger partial charge in [0.25, 0.3) is 5.91 Å². The Balaban J connectivity index is 2.39. The van der Waals surface area contributed by atoms with Gasteiger partial charge in [-0.1, -0.05) is 28.4 Å². The van der Waals surface area contributed by atoms with Crippen molar-refractivity contribution in [2.45, 2.75) is 26.2 Å². The van der Waals surface area contributed by atoms with Gasteiger partial charge in [0.05, 0.1) is 0 Å². The highest BCUT2D eigenvalue weighted by atomic mass is 79.9. The molecular formula is C13H18BrNO2. The lowest BCUT2D eigenvalue weighted by Gasteiger charge is -2.06. The van der Waals surface area contributed by atoms with Crippen LogP contribution in [0.4, 0.5) is 0 Å². The number of unbranched alkanes of at least 4 members (excludes halogenated alkanes) is 2. The van der Waals surface area contributed by atoms with Crippen LogP contribution in [0.25, 0.3) is 0 Å². The van der Waals surface area contributed by atoms with E-state index in [1.165, 1.54) is 6.07 Å². The third-order valence-corrected chi connectivity index (χ3v) is 3.13. The SMILES string of the molecule is Cc1ccc(C(=O)NCCCCCBr)cc1O. The van der Waals surface area contributed by atoms with Gasteiger partial charge in [-0.25, -0.2) is 0 Å². The van der Waals surface area contributed by atoms with Crippen LogP contribution in [0.3, 0.4) is 0 Å². The number of alkyl halides is 1. The molecule has 4 heteroatoms. The number of hydrogen-bond donors (Lipinski definition) is 2. The molecule has 0 radical (unpaired) electrons. The predicted octanol–water partition coefficient (Wildman–Crippen LogP) is 3.00. The van der Waals surface area contributed by atoms with Gasteiger partial charge in [0, 0.05) is 17.4 Å². The maximum atomic E-state index is 11.7. The van der Waals surface area contributed by atoms with Crippen molar-refractivity contribution in [3.63, 3.8) is 0 Å². The minimum absolute atomic E-state index is 0.126. The predicted molar refractivity (Wildman–Crippen MR) is 72.8 cm³/mol. The van der Waals surface area contributed by atoms with E-state index >= 15 is 0 Å². The number of aromatic hydroxyl groups is 1. The van der Waals surface area contributed by atoms with Crippen LogP contribution < -0.4 is 5.32 Å². The fraction of sp³-hybridized carbons (Fsp3) is 0.462. The van der Waals surface area contributed by atoms with Crippen LogP contribution in [-0.4, -0.2) is 22.9 Å². The summed E-state index contributed by atoms with van der Waals surface area (Å²) in [6.07, 6.45) is 3.21. The standard InChI is InChI=1S/C13H18BrNO2/c1-10-5-6-11(9-12(10)16)13(17)15-8-4-2-3-7-14/h5-6,9,16H,2-4,7-8H2,1H3,(H,15,17). The number of amides is 1. The van der Waals surface area contributed by atoms with Crippen LogP contribution >= 0.6 is 15.9 Å². The number of halogens is 1. The Morgan fingerprint density at radius 1 is 1.35 bits per heavy atom. The zero-order chi connectivity index (χ0) is 12.7. The van der Waals surface area contributed by atoms with Gasteiger partial charge in [0.2, 0.25) is 0 Å². The third kappa shape index (κ3) is 4.77. The van der Waals surface area contributed by atoms with Gasteiger partial charge in [0.1, 0.15) is 5.75 Å². The van der Waals surface area contributed by atoms with E-state index in [0.29, 0.717) is 12.1 Å². The summed E-state index contributed by atoms with van der Waals surface area (Å²) in [4.78, 5) is 11.7. The topological polar surface area (TPSA) is 49.3 Å². The van der Waals surface area contributed by atoms with Crippen molar-refractivity contribution in [2.24, 2.45) is 0 Å². The maximum Gasteiger partial charge on any atom is 0.251 e. The molecule has 94 valence electrons. The Hall–Kier alpha value is -1.03. The average molecular weight is 300 g/mol. The van der Waals surface area contributed by atoms with Crippen molar-refractivity contribution < 1.29 is 9.90 Å². The highest BCUT2D eigenvalue weighted by Gasteiger charge is 2.06. The van der Waals surface area contributed by atoms with Gasteiger partial charge in [-0.05, 0) is 37.5 Å². The number of carbonyl (C=O) groups excluding carboxylic acids is 1. The molecule has 1 aromatic rings. The Bertz CT molecular complexity index is 380. The second-order valence-electron chi connectivity index (χ2n) is 4.01. The van der Waals surface area contributed by atoms with Gasteiger partial charge in [0.15, 0.2) is 0 Å². The van der Waals surface area contributed by atoms with Crippen molar-refractivity contribution >= 4 is 21.8 Å². The number of nitrogens with one attached hydrogen (secondary N) is 1. The van der Waals surface area contributed by atoms with Crippen molar-refractivity contribution in [1.82, 2.24) is 5.32 Å². The minimum atomic E-state index is -0.126. The fourth-order valence-corrected chi connectivity index (χ4v) is 1.85.